The highest BCUT2D eigenvalue weighted by atomic mass is 35.5. The van der Waals surface area contributed by atoms with Crippen molar-refractivity contribution >= 4 is 17.5 Å². The van der Waals surface area contributed by atoms with Crippen LogP contribution in [0.5, 0.6) is 0 Å². The zero-order chi connectivity index (χ0) is 20.2. The number of amides is 1. The van der Waals surface area contributed by atoms with Crippen molar-refractivity contribution < 1.29 is 4.79 Å². The Morgan fingerprint density at radius 1 is 1.00 bits per heavy atom. The molecule has 2 aromatic rings. The van der Waals surface area contributed by atoms with Crippen molar-refractivity contribution in [2.24, 2.45) is 5.92 Å². The second kappa shape index (κ2) is 9.27. The summed E-state index contributed by atoms with van der Waals surface area (Å²) in [5, 5.41) is 0.792. The first-order valence-electron chi connectivity index (χ1n) is 10.8. The summed E-state index contributed by atoms with van der Waals surface area (Å²) in [7, 11) is 2.14. The van der Waals surface area contributed by atoms with Gasteiger partial charge in [0.2, 0.25) is 5.91 Å². The number of piperidine rings is 2. The zero-order valence-corrected chi connectivity index (χ0v) is 17.9. The minimum absolute atomic E-state index is 0.222. The SMILES string of the molecule is CN1CCC(C(=O)N2CCC(c3cccc(Cc4ccccc4Cl)n3)CC2)CC1. The lowest BCUT2D eigenvalue weighted by Gasteiger charge is -2.36. The maximum atomic E-state index is 12.9. The minimum Gasteiger partial charge on any atom is -0.342 e. The van der Waals surface area contributed by atoms with Crippen molar-refractivity contribution in [1.29, 1.82) is 0 Å². The minimum atomic E-state index is 0.222. The highest BCUT2D eigenvalue weighted by Gasteiger charge is 2.30. The molecule has 0 spiro atoms. The first kappa shape index (κ1) is 20.4. The van der Waals surface area contributed by atoms with Crippen molar-refractivity contribution in [3.8, 4) is 0 Å². The van der Waals surface area contributed by atoms with Crippen molar-refractivity contribution in [3.63, 3.8) is 0 Å². The van der Waals surface area contributed by atoms with Gasteiger partial charge in [0.15, 0.2) is 0 Å². The van der Waals surface area contributed by atoms with Gasteiger partial charge in [0.1, 0.15) is 0 Å². The molecule has 29 heavy (non-hydrogen) atoms. The Labute approximate surface area is 178 Å². The molecule has 1 aromatic heterocycles. The maximum Gasteiger partial charge on any atom is 0.225 e. The number of rotatable bonds is 4. The molecule has 0 saturated carbocycles. The molecule has 0 unspecified atom stereocenters. The monoisotopic (exact) mass is 411 g/mol. The van der Waals surface area contributed by atoms with Crippen LogP contribution in [0.3, 0.4) is 0 Å². The number of likely N-dealkylation sites (tertiary alicyclic amines) is 2. The summed E-state index contributed by atoms with van der Waals surface area (Å²) < 4.78 is 0. The lowest BCUT2D eigenvalue weighted by molar-refractivity contribution is -0.138. The summed E-state index contributed by atoms with van der Waals surface area (Å²) in [6, 6.07) is 14.3. The van der Waals surface area contributed by atoms with Crippen LogP contribution < -0.4 is 0 Å². The Balaban J connectivity index is 1.35. The topological polar surface area (TPSA) is 36.4 Å². The predicted octanol–water partition coefficient (Wildman–Crippen LogP) is 4.37. The smallest absolute Gasteiger partial charge is 0.225 e. The van der Waals surface area contributed by atoms with E-state index in [2.05, 4.69) is 41.1 Å². The molecule has 0 N–H and O–H groups in total. The highest BCUT2D eigenvalue weighted by molar-refractivity contribution is 6.31. The fourth-order valence-electron chi connectivity index (χ4n) is 4.57. The van der Waals surface area contributed by atoms with Gasteiger partial charge in [-0.2, -0.15) is 0 Å². The quantitative estimate of drug-likeness (QED) is 0.749. The third-order valence-electron chi connectivity index (χ3n) is 6.45. The Kier molecular flexibility index (Phi) is 6.51. The fourth-order valence-corrected chi connectivity index (χ4v) is 4.77. The number of pyridine rings is 1. The van der Waals surface area contributed by atoms with Crippen LogP contribution in [0.15, 0.2) is 42.5 Å². The van der Waals surface area contributed by atoms with E-state index in [4.69, 9.17) is 16.6 Å². The van der Waals surface area contributed by atoms with E-state index in [1.165, 1.54) is 0 Å². The lowest BCUT2D eigenvalue weighted by Crippen LogP contribution is -2.44. The van der Waals surface area contributed by atoms with Crippen molar-refractivity contribution in [3.05, 3.63) is 64.4 Å². The second-order valence-corrected chi connectivity index (χ2v) is 8.91. The van der Waals surface area contributed by atoms with Gasteiger partial charge in [-0.15, -0.1) is 0 Å². The number of hydrogen-bond acceptors (Lipinski definition) is 3. The maximum absolute atomic E-state index is 12.9. The summed E-state index contributed by atoms with van der Waals surface area (Å²) in [6.45, 7) is 3.78. The van der Waals surface area contributed by atoms with Crippen LogP contribution >= 0.6 is 11.6 Å². The highest BCUT2D eigenvalue weighted by Crippen LogP contribution is 2.29. The van der Waals surface area contributed by atoms with Crippen molar-refractivity contribution in [2.75, 3.05) is 33.2 Å². The van der Waals surface area contributed by atoms with Gasteiger partial charge in [-0.25, -0.2) is 0 Å². The van der Waals surface area contributed by atoms with Crippen LogP contribution in [0.4, 0.5) is 0 Å². The fraction of sp³-hybridized carbons (Fsp3) is 0.500. The van der Waals surface area contributed by atoms with Crippen LogP contribution in [-0.2, 0) is 11.2 Å². The van der Waals surface area contributed by atoms with E-state index in [0.29, 0.717) is 11.8 Å². The number of nitrogens with zero attached hydrogens (tertiary/aromatic N) is 3. The van der Waals surface area contributed by atoms with E-state index in [-0.39, 0.29) is 5.92 Å². The molecule has 4 rings (SSSR count). The van der Waals surface area contributed by atoms with E-state index >= 15 is 0 Å². The molecule has 5 heteroatoms. The number of benzene rings is 1. The van der Waals surface area contributed by atoms with Gasteiger partial charge in [0, 0.05) is 47.8 Å². The molecule has 4 nitrogen and oxygen atoms in total. The summed E-state index contributed by atoms with van der Waals surface area (Å²) >= 11 is 6.31. The van der Waals surface area contributed by atoms with Crippen molar-refractivity contribution in [2.45, 2.75) is 38.0 Å². The normalized spacial score (nSPS) is 19.4. The third-order valence-corrected chi connectivity index (χ3v) is 6.82. The molecule has 0 radical (unpaired) electrons. The summed E-state index contributed by atoms with van der Waals surface area (Å²) in [6.07, 6.45) is 4.75. The molecule has 2 saturated heterocycles. The molecule has 2 aliphatic rings. The van der Waals surface area contributed by atoms with E-state index in [9.17, 15) is 4.79 Å². The van der Waals surface area contributed by atoms with Gasteiger partial charge in [0.25, 0.3) is 0 Å². The zero-order valence-electron chi connectivity index (χ0n) is 17.2. The van der Waals surface area contributed by atoms with Crippen molar-refractivity contribution in [1.82, 2.24) is 14.8 Å². The number of hydrogen-bond donors (Lipinski definition) is 0. The van der Waals surface area contributed by atoms with Gasteiger partial charge in [0.05, 0.1) is 0 Å². The van der Waals surface area contributed by atoms with E-state index in [0.717, 1.165) is 80.3 Å². The number of halogens is 1. The average molecular weight is 412 g/mol. The Hall–Kier alpha value is -1.91. The van der Waals surface area contributed by atoms with Gasteiger partial charge < -0.3 is 9.80 Å². The molecule has 1 aromatic carbocycles. The standard InChI is InChI=1S/C24H30ClN3O/c1-27-13-9-19(10-14-27)24(29)28-15-11-18(12-16-28)23-8-4-6-21(26-23)17-20-5-2-3-7-22(20)25/h2-8,18-19H,9-17H2,1H3. The van der Waals surface area contributed by atoms with Crippen LogP contribution in [0, 0.1) is 5.92 Å². The Bertz CT molecular complexity index is 840. The molecule has 1 amide bonds. The summed E-state index contributed by atoms with van der Waals surface area (Å²) in [5.41, 5.74) is 3.32. The summed E-state index contributed by atoms with van der Waals surface area (Å²) in [5.74, 6) is 1.03. The van der Waals surface area contributed by atoms with Crippen LogP contribution in [-0.4, -0.2) is 53.9 Å². The largest absolute Gasteiger partial charge is 0.342 e. The molecule has 3 heterocycles. The lowest BCUT2D eigenvalue weighted by atomic mass is 9.90. The van der Waals surface area contributed by atoms with Gasteiger partial charge >= 0.3 is 0 Å². The van der Waals surface area contributed by atoms with Crippen LogP contribution in [0.2, 0.25) is 5.02 Å². The van der Waals surface area contributed by atoms with Gasteiger partial charge in [-0.05, 0) is 69.6 Å². The Morgan fingerprint density at radius 3 is 2.45 bits per heavy atom. The molecule has 0 aliphatic carbocycles. The van der Waals surface area contributed by atoms with Crippen LogP contribution in [0.25, 0.3) is 0 Å². The molecule has 2 fully saturated rings. The van der Waals surface area contributed by atoms with Crippen LogP contribution in [0.1, 0.15) is 48.6 Å². The predicted molar refractivity (Wildman–Crippen MR) is 117 cm³/mol. The molecular formula is C24H30ClN3O. The molecule has 0 atom stereocenters. The number of aromatic nitrogens is 1. The van der Waals surface area contributed by atoms with E-state index < -0.39 is 0 Å². The Morgan fingerprint density at radius 2 is 1.72 bits per heavy atom. The molecule has 0 bridgehead atoms. The van der Waals surface area contributed by atoms with Gasteiger partial charge in [-0.1, -0.05) is 35.9 Å². The molecule has 154 valence electrons. The third kappa shape index (κ3) is 4.99. The molecule has 2 aliphatic heterocycles. The average Bonchev–Trinajstić information content (AvgIpc) is 2.76. The van der Waals surface area contributed by atoms with Gasteiger partial charge in [-0.3, -0.25) is 9.78 Å². The molecular weight excluding hydrogens is 382 g/mol. The number of carbonyl (C=O) groups is 1. The van der Waals surface area contributed by atoms with E-state index in [1.807, 2.05) is 18.2 Å². The second-order valence-electron chi connectivity index (χ2n) is 8.50. The summed E-state index contributed by atoms with van der Waals surface area (Å²) in [4.78, 5) is 22.2. The van der Waals surface area contributed by atoms with E-state index in [1.54, 1.807) is 0 Å². The first-order valence-corrected chi connectivity index (χ1v) is 11.1. The number of carbonyl (C=O) groups excluding carboxylic acids is 1. The first-order chi connectivity index (χ1) is 14.1.